The number of aliphatic imine (C=N–C) groups is 1. The summed E-state index contributed by atoms with van der Waals surface area (Å²) in [5.41, 5.74) is 8.24. The fourth-order valence-electron chi connectivity index (χ4n) is 2.61. The molecule has 5 heteroatoms. The summed E-state index contributed by atoms with van der Waals surface area (Å²) < 4.78 is 0. The van der Waals surface area contributed by atoms with Gasteiger partial charge in [0.15, 0.2) is 5.96 Å². The molecule has 4 nitrogen and oxygen atoms in total. The molecule has 1 aromatic heterocycles. The van der Waals surface area contributed by atoms with Crippen LogP contribution in [0.3, 0.4) is 0 Å². The standard InChI is InChI=1S/C18H17N3OS/c1-4-12-6-5-7-13(8-12)14-9-15(23-11-14)18(2)10-16(22)21(3)17(19)20-18/h1,5-9,11H,10H2,2-3H3,(H2,19,20)/t18-/m0/s1. The van der Waals surface area contributed by atoms with Gasteiger partial charge in [0.05, 0.1) is 6.42 Å². The van der Waals surface area contributed by atoms with Crippen LogP contribution in [0.25, 0.3) is 11.1 Å². The lowest BCUT2D eigenvalue weighted by Crippen LogP contribution is -2.47. The van der Waals surface area contributed by atoms with Gasteiger partial charge in [0, 0.05) is 17.5 Å². The number of nitrogens with two attached hydrogens (primary N) is 1. The van der Waals surface area contributed by atoms with E-state index in [4.69, 9.17) is 12.2 Å². The number of benzene rings is 1. The van der Waals surface area contributed by atoms with Crippen LogP contribution in [0.4, 0.5) is 0 Å². The summed E-state index contributed by atoms with van der Waals surface area (Å²) >= 11 is 1.58. The quantitative estimate of drug-likeness (QED) is 0.864. The van der Waals surface area contributed by atoms with E-state index in [1.165, 1.54) is 4.90 Å². The first-order chi connectivity index (χ1) is 10.9. The molecule has 0 aliphatic carbocycles. The maximum atomic E-state index is 12.1. The predicted molar refractivity (Wildman–Crippen MR) is 94.1 cm³/mol. The van der Waals surface area contributed by atoms with Gasteiger partial charge >= 0.3 is 0 Å². The highest BCUT2D eigenvalue weighted by Crippen LogP contribution is 2.39. The van der Waals surface area contributed by atoms with Crippen LogP contribution in [0.5, 0.6) is 0 Å². The van der Waals surface area contributed by atoms with Crippen LogP contribution in [0.1, 0.15) is 23.8 Å². The number of hydrogen-bond donors (Lipinski definition) is 1. The summed E-state index contributed by atoms with van der Waals surface area (Å²) in [6.45, 7) is 1.94. The summed E-state index contributed by atoms with van der Waals surface area (Å²) in [5.74, 6) is 2.88. The number of nitrogens with zero attached hydrogens (tertiary/aromatic N) is 2. The molecule has 0 fully saturated rings. The number of thiophene rings is 1. The number of guanidine groups is 1. The lowest BCUT2D eigenvalue weighted by molar-refractivity contribution is -0.128. The van der Waals surface area contributed by atoms with Gasteiger partial charge in [-0.1, -0.05) is 18.1 Å². The van der Waals surface area contributed by atoms with E-state index in [2.05, 4.69) is 22.4 Å². The number of terminal acetylenes is 1. The molecule has 0 saturated heterocycles. The Morgan fingerprint density at radius 2 is 2.17 bits per heavy atom. The van der Waals surface area contributed by atoms with Crippen molar-refractivity contribution in [1.29, 1.82) is 0 Å². The fourth-order valence-corrected chi connectivity index (χ4v) is 3.63. The third kappa shape index (κ3) is 2.73. The van der Waals surface area contributed by atoms with Crippen LogP contribution in [0.15, 0.2) is 40.7 Å². The van der Waals surface area contributed by atoms with Crippen LogP contribution in [-0.4, -0.2) is 23.8 Å². The Balaban J connectivity index is 1.99. The van der Waals surface area contributed by atoms with Crippen molar-refractivity contribution in [3.8, 4) is 23.5 Å². The Kier molecular flexibility index (Phi) is 3.70. The van der Waals surface area contributed by atoms with Gasteiger partial charge in [-0.25, -0.2) is 4.99 Å². The number of carbonyl (C=O) groups excluding carboxylic acids is 1. The Bertz CT molecular complexity index is 846. The smallest absolute Gasteiger partial charge is 0.231 e. The molecular weight excluding hydrogens is 306 g/mol. The van der Waals surface area contributed by atoms with E-state index < -0.39 is 5.54 Å². The lowest BCUT2D eigenvalue weighted by atomic mass is 9.93. The molecule has 0 bridgehead atoms. The third-order valence-electron chi connectivity index (χ3n) is 4.07. The van der Waals surface area contributed by atoms with Crippen LogP contribution < -0.4 is 5.73 Å². The van der Waals surface area contributed by atoms with Crippen LogP contribution in [0, 0.1) is 12.3 Å². The molecule has 0 unspecified atom stereocenters. The van der Waals surface area contributed by atoms with E-state index in [1.807, 2.05) is 31.2 Å². The zero-order chi connectivity index (χ0) is 16.6. The van der Waals surface area contributed by atoms with E-state index >= 15 is 0 Å². The molecule has 1 aliphatic heterocycles. The van der Waals surface area contributed by atoms with E-state index in [-0.39, 0.29) is 11.9 Å². The predicted octanol–water partition coefficient (Wildman–Crippen LogP) is 2.79. The molecule has 3 rings (SSSR count). The van der Waals surface area contributed by atoms with E-state index in [0.717, 1.165) is 21.6 Å². The Labute approximate surface area is 139 Å². The van der Waals surface area contributed by atoms with E-state index in [1.54, 1.807) is 18.4 Å². The van der Waals surface area contributed by atoms with Gasteiger partial charge in [-0.3, -0.25) is 9.69 Å². The minimum atomic E-state index is -0.611. The van der Waals surface area contributed by atoms with Crippen molar-refractivity contribution < 1.29 is 4.79 Å². The van der Waals surface area contributed by atoms with Crippen molar-refractivity contribution in [2.45, 2.75) is 18.9 Å². The van der Waals surface area contributed by atoms with Gasteiger partial charge in [-0.15, -0.1) is 17.8 Å². The summed E-state index contributed by atoms with van der Waals surface area (Å²) in [6.07, 6.45) is 5.78. The highest BCUT2D eigenvalue weighted by molar-refractivity contribution is 7.10. The van der Waals surface area contributed by atoms with Crippen molar-refractivity contribution >= 4 is 23.2 Å². The fraction of sp³-hybridized carbons (Fsp3) is 0.222. The third-order valence-corrected chi connectivity index (χ3v) is 5.25. The second-order valence-electron chi connectivity index (χ2n) is 5.80. The summed E-state index contributed by atoms with van der Waals surface area (Å²) in [4.78, 5) is 19.0. The summed E-state index contributed by atoms with van der Waals surface area (Å²) in [7, 11) is 1.64. The summed E-state index contributed by atoms with van der Waals surface area (Å²) in [5, 5.41) is 2.06. The maximum Gasteiger partial charge on any atom is 0.231 e. The van der Waals surface area contributed by atoms with E-state index in [0.29, 0.717) is 6.42 Å². The van der Waals surface area contributed by atoms with Crippen LogP contribution in [0.2, 0.25) is 0 Å². The maximum absolute atomic E-state index is 12.1. The number of hydrogen-bond acceptors (Lipinski definition) is 4. The molecule has 116 valence electrons. The molecule has 0 radical (unpaired) electrons. The average molecular weight is 323 g/mol. The average Bonchev–Trinajstić information content (AvgIpc) is 3.03. The first kappa shape index (κ1) is 15.3. The van der Waals surface area contributed by atoms with Gasteiger partial charge < -0.3 is 5.73 Å². The normalized spacial score (nSPS) is 21.0. The van der Waals surface area contributed by atoms with Crippen molar-refractivity contribution in [2.75, 3.05) is 7.05 Å². The van der Waals surface area contributed by atoms with Crippen molar-refractivity contribution in [1.82, 2.24) is 4.90 Å². The highest BCUT2D eigenvalue weighted by atomic mass is 32.1. The van der Waals surface area contributed by atoms with Crippen LogP contribution in [-0.2, 0) is 10.3 Å². The molecule has 1 amide bonds. The minimum Gasteiger partial charge on any atom is -0.369 e. The molecule has 23 heavy (non-hydrogen) atoms. The monoisotopic (exact) mass is 323 g/mol. The zero-order valence-corrected chi connectivity index (χ0v) is 13.9. The highest BCUT2D eigenvalue weighted by Gasteiger charge is 2.37. The number of carbonyl (C=O) groups is 1. The topological polar surface area (TPSA) is 58.7 Å². The van der Waals surface area contributed by atoms with Gasteiger partial charge in [0.1, 0.15) is 5.54 Å². The van der Waals surface area contributed by atoms with Gasteiger partial charge in [-0.05, 0) is 41.6 Å². The molecule has 1 aliphatic rings. The second-order valence-corrected chi connectivity index (χ2v) is 6.71. The lowest BCUT2D eigenvalue weighted by Gasteiger charge is -2.32. The van der Waals surface area contributed by atoms with Crippen LogP contribution >= 0.6 is 11.3 Å². The molecule has 1 aromatic carbocycles. The van der Waals surface area contributed by atoms with Crippen molar-refractivity contribution in [3.63, 3.8) is 0 Å². The number of amides is 1. The second kappa shape index (κ2) is 5.56. The number of rotatable bonds is 2. The molecule has 0 saturated carbocycles. The molecule has 2 heterocycles. The van der Waals surface area contributed by atoms with Crippen molar-refractivity contribution in [3.05, 3.63) is 46.2 Å². The van der Waals surface area contributed by atoms with E-state index in [9.17, 15) is 4.79 Å². The molecule has 1 atom stereocenters. The zero-order valence-electron chi connectivity index (χ0n) is 13.0. The molecule has 2 aromatic rings. The van der Waals surface area contributed by atoms with Gasteiger partial charge in [0.25, 0.3) is 0 Å². The summed E-state index contributed by atoms with van der Waals surface area (Å²) in [6, 6.07) is 9.91. The largest absolute Gasteiger partial charge is 0.369 e. The van der Waals surface area contributed by atoms with Gasteiger partial charge in [0.2, 0.25) is 5.91 Å². The first-order valence-electron chi connectivity index (χ1n) is 7.21. The SMILES string of the molecule is C#Cc1cccc(-c2csc([C@]3(C)CC(=O)N(C)C(N)=N3)c2)c1. The van der Waals surface area contributed by atoms with Crippen molar-refractivity contribution in [2.24, 2.45) is 10.7 Å². The Morgan fingerprint density at radius 3 is 2.87 bits per heavy atom. The molecule has 2 N–H and O–H groups in total. The Hall–Kier alpha value is -2.58. The van der Waals surface area contributed by atoms with Gasteiger partial charge in [-0.2, -0.15) is 0 Å². The minimum absolute atomic E-state index is 0.0238. The molecular formula is C18H17N3OS. The first-order valence-corrected chi connectivity index (χ1v) is 8.09. The Morgan fingerprint density at radius 1 is 1.39 bits per heavy atom. The molecule has 0 spiro atoms.